The minimum absolute atomic E-state index is 0.386. The van der Waals surface area contributed by atoms with E-state index in [1.54, 1.807) is 0 Å². The van der Waals surface area contributed by atoms with Gasteiger partial charge in [0.15, 0.2) is 0 Å². The zero-order valence-electron chi connectivity index (χ0n) is 13.1. The minimum atomic E-state index is -1.07. The molecule has 0 radical (unpaired) electrons. The summed E-state index contributed by atoms with van der Waals surface area (Å²) in [5.74, 6) is -0.772. The number of rotatable bonds is 8. The van der Waals surface area contributed by atoms with Crippen molar-refractivity contribution in [1.29, 1.82) is 0 Å². The van der Waals surface area contributed by atoms with Crippen LogP contribution in [0.25, 0.3) is 0 Å². The molecule has 2 aliphatic rings. The fraction of sp³-hybridized carbons (Fsp3) is 0.875. The van der Waals surface area contributed by atoms with Crippen molar-refractivity contribution in [2.45, 2.75) is 76.4 Å². The second kappa shape index (κ2) is 6.77. The number of hydrogen-bond donors (Lipinski definition) is 0. The number of carbonyl (C=O) groups is 2. The van der Waals surface area contributed by atoms with Crippen LogP contribution in [0.15, 0.2) is 0 Å². The molecule has 1 heterocycles. The van der Waals surface area contributed by atoms with Gasteiger partial charge in [-0.2, -0.15) is 0 Å². The Morgan fingerprint density at radius 3 is 1.71 bits per heavy atom. The summed E-state index contributed by atoms with van der Waals surface area (Å²) in [6, 6.07) is 0. The molecular formula is C16H26O5. The first-order chi connectivity index (χ1) is 10.1. The molecule has 21 heavy (non-hydrogen) atoms. The van der Waals surface area contributed by atoms with Gasteiger partial charge in [-0.3, -0.25) is 0 Å². The van der Waals surface area contributed by atoms with Crippen molar-refractivity contribution in [2.75, 3.05) is 13.2 Å². The van der Waals surface area contributed by atoms with E-state index < -0.39 is 11.2 Å². The quantitative estimate of drug-likeness (QED) is 0.391. The van der Waals surface area contributed by atoms with E-state index in [0.717, 1.165) is 38.5 Å². The molecule has 1 aliphatic carbocycles. The normalized spacial score (nSPS) is 30.4. The van der Waals surface area contributed by atoms with Crippen LogP contribution in [0.5, 0.6) is 0 Å². The van der Waals surface area contributed by atoms with E-state index in [1.807, 2.05) is 13.8 Å². The van der Waals surface area contributed by atoms with Gasteiger partial charge in [-0.05, 0) is 38.5 Å². The molecule has 5 heteroatoms. The van der Waals surface area contributed by atoms with Crippen LogP contribution in [0.3, 0.4) is 0 Å². The lowest BCUT2D eigenvalue weighted by molar-refractivity contribution is -0.154. The van der Waals surface area contributed by atoms with Gasteiger partial charge in [0.25, 0.3) is 0 Å². The lowest BCUT2D eigenvalue weighted by Crippen LogP contribution is -2.44. The number of carbonyl (C=O) groups excluding carboxylic acids is 2. The first-order valence-electron chi connectivity index (χ1n) is 8.17. The third-order valence-electron chi connectivity index (χ3n) is 4.39. The highest BCUT2D eigenvalue weighted by molar-refractivity contribution is 5.98. The number of fused-ring (bicyclic) bond motifs is 1. The van der Waals surface area contributed by atoms with E-state index in [2.05, 4.69) is 0 Å². The Kier molecular flexibility index (Phi) is 5.25. The highest BCUT2D eigenvalue weighted by Gasteiger charge is 2.81. The number of ether oxygens (including phenoxy) is 3. The molecule has 2 atom stereocenters. The Morgan fingerprint density at radius 1 is 0.905 bits per heavy atom. The van der Waals surface area contributed by atoms with Gasteiger partial charge in [-0.15, -0.1) is 0 Å². The van der Waals surface area contributed by atoms with Crippen molar-refractivity contribution in [3.8, 4) is 0 Å². The van der Waals surface area contributed by atoms with Gasteiger partial charge in [0.2, 0.25) is 11.2 Å². The molecule has 0 aromatic carbocycles. The van der Waals surface area contributed by atoms with Gasteiger partial charge in [0, 0.05) is 0 Å². The molecule has 0 amide bonds. The van der Waals surface area contributed by atoms with E-state index in [1.165, 1.54) is 0 Å². The molecular weight excluding hydrogens is 272 g/mol. The van der Waals surface area contributed by atoms with E-state index in [4.69, 9.17) is 14.2 Å². The summed E-state index contributed by atoms with van der Waals surface area (Å²) in [6.07, 6.45) is 6.46. The molecule has 0 N–H and O–H groups in total. The smallest absolute Gasteiger partial charge is 0.342 e. The second-order valence-corrected chi connectivity index (χ2v) is 5.94. The third-order valence-corrected chi connectivity index (χ3v) is 4.39. The Bertz CT molecular complexity index is 358. The summed E-state index contributed by atoms with van der Waals surface area (Å²) in [4.78, 5) is 24.6. The largest absolute Gasteiger partial charge is 0.463 e. The molecule has 0 aromatic heterocycles. The van der Waals surface area contributed by atoms with E-state index >= 15 is 0 Å². The van der Waals surface area contributed by atoms with Crippen LogP contribution in [0.2, 0.25) is 0 Å². The summed E-state index contributed by atoms with van der Waals surface area (Å²) in [6.45, 7) is 4.86. The average Bonchev–Trinajstić information content (AvgIpc) is 3.20. The van der Waals surface area contributed by atoms with Gasteiger partial charge >= 0.3 is 11.9 Å². The average molecular weight is 298 g/mol. The van der Waals surface area contributed by atoms with Crippen molar-refractivity contribution in [2.24, 2.45) is 0 Å². The van der Waals surface area contributed by atoms with E-state index in [0.29, 0.717) is 26.1 Å². The molecule has 2 rings (SSSR count). The highest BCUT2D eigenvalue weighted by Crippen LogP contribution is 2.58. The lowest BCUT2D eigenvalue weighted by atomic mass is 9.79. The van der Waals surface area contributed by atoms with Crippen LogP contribution in [0, 0.1) is 0 Å². The van der Waals surface area contributed by atoms with Crippen molar-refractivity contribution in [3.05, 3.63) is 0 Å². The van der Waals surface area contributed by atoms with Crippen molar-refractivity contribution < 1.29 is 23.8 Å². The monoisotopic (exact) mass is 298 g/mol. The maximum atomic E-state index is 12.3. The molecule has 2 unspecified atom stereocenters. The Labute approximate surface area is 126 Å². The molecule has 1 saturated heterocycles. The number of epoxide rings is 1. The van der Waals surface area contributed by atoms with Gasteiger partial charge < -0.3 is 14.2 Å². The maximum absolute atomic E-state index is 12.3. The van der Waals surface area contributed by atoms with Crippen LogP contribution in [-0.4, -0.2) is 36.4 Å². The molecule has 2 fully saturated rings. The van der Waals surface area contributed by atoms with Gasteiger partial charge in [-0.1, -0.05) is 26.7 Å². The van der Waals surface area contributed by atoms with Crippen molar-refractivity contribution >= 4 is 11.9 Å². The van der Waals surface area contributed by atoms with Crippen LogP contribution in [0.4, 0.5) is 0 Å². The molecule has 0 spiro atoms. The van der Waals surface area contributed by atoms with Crippen molar-refractivity contribution in [3.63, 3.8) is 0 Å². The predicted molar refractivity (Wildman–Crippen MR) is 76.7 cm³/mol. The maximum Gasteiger partial charge on any atom is 0.342 e. The standard InChI is InChI=1S/C16H26O5/c1-3-5-11-19-13(17)15-9-7-8-10-16(15,21-15)14(18)20-12-6-4-2/h3-12H2,1-2H3. The topological polar surface area (TPSA) is 65.1 Å². The fourth-order valence-electron chi connectivity index (χ4n) is 2.99. The van der Waals surface area contributed by atoms with Gasteiger partial charge in [-0.25, -0.2) is 9.59 Å². The molecule has 1 aliphatic heterocycles. The summed E-state index contributed by atoms with van der Waals surface area (Å²) >= 11 is 0. The second-order valence-electron chi connectivity index (χ2n) is 5.94. The Morgan fingerprint density at radius 2 is 1.33 bits per heavy atom. The summed E-state index contributed by atoms with van der Waals surface area (Å²) in [5, 5.41) is 0. The fourth-order valence-corrected chi connectivity index (χ4v) is 2.99. The van der Waals surface area contributed by atoms with Crippen LogP contribution in [-0.2, 0) is 23.8 Å². The predicted octanol–water partition coefficient (Wildman–Crippen LogP) is 2.75. The number of esters is 2. The first-order valence-corrected chi connectivity index (χ1v) is 8.17. The number of unbranched alkanes of at least 4 members (excludes halogenated alkanes) is 2. The van der Waals surface area contributed by atoms with Crippen LogP contribution in [0.1, 0.15) is 65.2 Å². The summed E-state index contributed by atoms with van der Waals surface area (Å²) in [5.41, 5.74) is -2.13. The van der Waals surface area contributed by atoms with Crippen molar-refractivity contribution in [1.82, 2.24) is 0 Å². The Hall–Kier alpha value is -1.10. The molecule has 0 aromatic rings. The third kappa shape index (κ3) is 2.93. The summed E-state index contributed by atoms with van der Waals surface area (Å²) in [7, 11) is 0. The van der Waals surface area contributed by atoms with Gasteiger partial charge in [0.05, 0.1) is 13.2 Å². The van der Waals surface area contributed by atoms with E-state index in [9.17, 15) is 9.59 Å². The Balaban J connectivity index is 1.98. The van der Waals surface area contributed by atoms with E-state index in [-0.39, 0.29) is 11.9 Å². The first kappa shape index (κ1) is 16.3. The zero-order valence-corrected chi connectivity index (χ0v) is 13.1. The van der Waals surface area contributed by atoms with Crippen LogP contribution < -0.4 is 0 Å². The molecule has 1 saturated carbocycles. The van der Waals surface area contributed by atoms with Crippen LogP contribution >= 0.6 is 0 Å². The zero-order chi connectivity index (χ0) is 15.3. The molecule has 5 nitrogen and oxygen atoms in total. The number of hydrogen-bond acceptors (Lipinski definition) is 5. The minimum Gasteiger partial charge on any atom is -0.463 e. The SMILES string of the molecule is CCCCOC(=O)C12CCCCC1(C(=O)OCCCC)O2. The summed E-state index contributed by atoms with van der Waals surface area (Å²) < 4.78 is 16.3. The molecule has 0 bridgehead atoms. The highest BCUT2D eigenvalue weighted by atomic mass is 16.7. The van der Waals surface area contributed by atoms with Gasteiger partial charge in [0.1, 0.15) is 0 Å². The lowest BCUT2D eigenvalue weighted by Gasteiger charge is -2.22. The molecule has 120 valence electrons.